The Morgan fingerprint density at radius 3 is 2.56 bits per heavy atom. The van der Waals surface area contributed by atoms with Crippen LogP contribution in [0, 0.1) is 5.92 Å². The largest absolute Gasteiger partial charge is 0.391 e. The smallest absolute Gasteiger partial charge is 0.0706 e. The van der Waals surface area contributed by atoms with E-state index >= 15 is 0 Å². The second kappa shape index (κ2) is 2.07. The zero-order chi connectivity index (χ0) is 6.43. The summed E-state index contributed by atoms with van der Waals surface area (Å²) in [7, 11) is 0. The van der Waals surface area contributed by atoms with E-state index in [9.17, 15) is 5.11 Å². The van der Waals surface area contributed by atoms with Crippen molar-refractivity contribution in [3.8, 4) is 0 Å². The first-order chi connectivity index (χ1) is 4.27. The number of rotatable bonds is 0. The maximum absolute atomic E-state index is 9.34. The molecule has 0 unspecified atom stereocenters. The minimum Gasteiger partial charge on any atom is -0.391 e. The third-order valence-electron chi connectivity index (χ3n) is 2.39. The van der Waals surface area contributed by atoms with Crippen molar-refractivity contribution in [1.29, 1.82) is 0 Å². The second-order valence-corrected chi connectivity index (χ2v) is 4.29. The first-order valence-corrected chi connectivity index (χ1v) is 4.34. The summed E-state index contributed by atoms with van der Waals surface area (Å²) in [5.74, 6) is 0.793. The Morgan fingerprint density at radius 1 is 1.44 bits per heavy atom. The van der Waals surface area contributed by atoms with Crippen molar-refractivity contribution in [1.82, 2.24) is 3.11 Å². The summed E-state index contributed by atoms with van der Waals surface area (Å²) >= 11 is 2.31. The average Bonchev–Trinajstić information content (AvgIpc) is 2.22. The average molecular weight is 239 g/mol. The van der Waals surface area contributed by atoms with Crippen LogP contribution in [-0.2, 0) is 0 Å². The molecule has 52 valence electrons. The number of nitrogens with zero attached hydrogens (tertiary/aromatic N) is 1. The fraction of sp³-hybridized carbons (Fsp3) is 1.00. The zero-order valence-corrected chi connectivity index (χ0v) is 7.28. The van der Waals surface area contributed by atoms with Crippen molar-refractivity contribution < 1.29 is 5.11 Å². The molecule has 1 aliphatic carbocycles. The van der Waals surface area contributed by atoms with E-state index in [-0.39, 0.29) is 6.10 Å². The van der Waals surface area contributed by atoms with E-state index in [4.69, 9.17) is 0 Å². The number of fused-ring (bicyclic) bond motifs is 2. The van der Waals surface area contributed by atoms with Crippen LogP contribution >= 0.6 is 22.9 Å². The molecule has 0 spiro atoms. The number of aliphatic hydroxyl groups is 1. The van der Waals surface area contributed by atoms with Crippen LogP contribution in [-0.4, -0.2) is 26.9 Å². The van der Waals surface area contributed by atoms with Gasteiger partial charge in [-0.1, -0.05) is 0 Å². The fourth-order valence-corrected chi connectivity index (χ4v) is 3.08. The first-order valence-electron chi connectivity index (χ1n) is 3.38. The number of aliphatic hydroxyl groups excluding tert-OH is 1. The van der Waals surface area contributed by atoms with Gasteiger partial charge in [0, 0.05) is 35.5 Å². The molecule has 1 saturated carbocycles. The molecule has 3 atom stereocenters. The highest BCUT2D eigenvalue weighted by Gasteiger charge is 2.43. The van der Waals surface area contributed by atoms with Gasteiger partial charge in [0.25, 0.3) is 0 Å². The molecule has 2 nitrogen and oxygen atoms in total. The van der Waals surface area contributed by atoms with Crippen LogP contribution in [0.3, 0.4) is 0 Å². The molecule has 1 heterocycles. The van der Waals surface area contributed by atoms with Crippen LogP contribution < -0.4 is 0 Å². The van der Waals surface area contributed by atoms with Gasteiger partial charge in [-0.25, -0.2) is 3.11 Å². The van der Waals surface area contributed by atoms with Gasteiger partial charge < -0.3 is 5.11 Å². The Morgan fingerprint density at radius 2 is 2.22 bits per heavy atom. The number of hydrogen-bond acceptors (Lipinski definition) is 2. The monoisotopic (exact) mass is 239 g/mol. The van der Waals surface area contributed by atoms with Gasteiger partial charge >= 0.3 is 0 Å². The second-order valence-electron chi connectivity index (χ2n) is 3.05. The Labute approximate surface area is 68.7 Å². The molecule has 0 amide bonds. The molecule has 2 rings (SSSR count). The quantitative estimate of drug-likeness (QED) is 0.499. The van der Waals surface area contributed by atoms with Crippen LogP contribution in [0.15, 0.2) is 0 Å². The zero-order valence-electron chi connectivity index (χ0n) is 5.13. The maximum atomic E-state index is 9.34. The summed E-state index contributed by atoms with van der Waals surface area (Å²) in [4.78, 5) is 0. The van der Waals surface area contributed by atoms with Crippen molar-refractivity contribution in [2.24, 2.45) is 5.92 Å². The molecule has 2 aliphatic rings. The highest BCUT2D eigenvalue weighted by atomic mass is 127. The highest BCUT2D eigenvalue weighted by molar-refractivity contribution is 14.1. The van der Waals surface area contributed by atoms with Crippen molar-refractivity contribution >= 4 is 22.9 Å². The maximum Gasteiger partial charge on any atom is 0.0706 e. The molecule has 0 aromatic rings. The molecule has 9 heavy (non-hydrogen) atoms. The van der Waals surface area contributed by atoms with Crippen molar-refractivity contribution in [3.05, 3.63) is 0 Å². The van der Waals surface area contributed by atoms with Gasteiger partial charge in [0.2, 0.25) is 0 Å². The van der Waals surface area contributed by atoms with Crippen LogP contribution in [0.5, 0.6) is 0 Å². The fourth-order valence-electron chi connectivity index (χ4n) is 1.93. The summed E-state index contributed by atoms with van der Waals surface area (Å²) in [6.07, 6.45) is 2.24. The van der Waals surface area contributed by atoms with Crippen LogP contribution in [0.4, 0.5) is 0 Å². The summed E-state index contributed by atoms with van der Waals surface area (Å²) in [5, 5.41) is 9.34. The standard InChI is InChI=1S/C6H10INO/c7-8-3-4-1-5(8)6(9)2-4/h4-6,9H,1-3H2/t4-,5+,6+/m0/s1. The van der Waals surface area contributed by atoms with Gasteiger partial charge in [-0.3, -0.25) is 0 Å². The summed E-state index contributed by atoms with van der Waals surface area (Å²) in [5.41, 5.74) is 0. The lowest BCUT2D eigenvalue weighted by molar-refractivity contribution is 0.108. The van der Waals surface area contributed by atoms with Gasteiger partial charge in [-0.05, 0) is 18.8 Å². The van der Waals surface area contributed by atoms with Gasteiger partial charge in [-0.2, -0.15) is 0 Å². The normalized spacial score (nSPS) is 50.7. The Balaban J connectivity index is 2.13. The van der Waals surface area contributed by atoms with Gasteiger partial charge in [0.1, 0.15) is 0 Å². The van der Waals surface area contributed by atoms with E-state index in [2.05, 4.69) is 26.0 Å². The third kappa shape index (κ3) is 0.897. The van der Waals surface area contributed by atoms with Crippen molar-refractivity contribution in [3.63, 3.8) is 0 Å². The number of piperidine rings is 1. The lowest BCUT2D eigenvalue weighted by Crippen LogP contribution is -2.34. The minimum absolute atomic E-state index is 0.0272. The van der Waals surface area contributed by atoms with E-state index in [1.54, 1.807) is 0 Å². The van der Waals surface area contributed by atoms with E-state index in [1.165, 1.54) is 13.0 Å². The molecule has 1 N–H and O–H groups in total. The molecule has 0 radical (unpaired) electrons. The lowest BCUT2D eigenvalue weighted by Gasteiger charge is -2.23. The molecule has 3 heteroatoms. The Hall–Kier alpha value is 0.650. The SMILES string of the molecule is O[C@@H]1C[C@@H]2C[C@H]1N(I)C2. The van der Waals surface area contributed by atoms with E-state index in [1.807, 2.05) is 0 Å². The molecule has 2 bridgehead atoms. The first kappa shape index (κ1) is 6.37. The Bertz CT molecular complexity index is 118. The Kier molecular flexibility index (Phi) is 1.46. The van der Waals surface area contributed by atoms with Gasteiger partial charge in [0.15, 0.2) is 0 Å². The molecule has 0 aromatic heterocycles. The predicted molar refractivity (Wildman–Crippen MR) is 43.2 cm³/mol. The van der Waals surface area contributed by atoms with Crippen LogP contribution in [0.2, 0.25) is 0 Å². The molecule has 1 aliphatic heterocycles. The predicted octanol–water partition coefficient (Wildman–Crippen LogP) is 0.792. The van der Waals surface area contributed by atoms with E-state index in [0.29, 0.717) is 6.04 Å². The molecule has 2 fully saturated rings. The summed E-state index contributed by atoms with van der Waals surface area (Å²) in [6.45, 7) is 1.20. The van der Waals surface area contributed by atoms with E-state index < -0.39 is 0 Å². The van der Waals surface area contributed by atoms with Crippen molar-refractivity contribution in [2.45, 2.75) is 25.0 Å². The molecular formula is C6H10INO. The number of hydrogen-bond donors (Lipinski definition) is 1. The van der Waals surface area contributed by atoms with Crippen LogP contribution in [0.25, 0.3) is 0 Å². The van der Waals surface area contributed by atoms with Crippen LogP contribution in [0.1, 0.15) is 12.8 Å². The van der Waals surface area contributed by atoms with E-state index in [0.717, 1.165) is 12.3 Å². The summed E-state index contributed by atoms with van der Waals surface area (Å²) < 4.78 is 2.25. The van der Waals surface area contributed by atoms with Crippen molar-refractivity contribution in [2.75, 3.05) is 6.54 Å². The highest BCUT2D eigenvalue weighted by Crippen LogP contribution is 2.39. The minimum atomic E-state index is -0.0272. The summed E-state index contributed by atoms with van der Waals surface area (Å²) in [6, 6.07) is 0.482. The molecule has 1 saturated heterocycles. The number of halogens is 1. The topological polar surface area (TPSA) is 23.5 Å². The van der Waals surface area contributed by atoms with Gasteiger partial charge in [-0.15, -0.1) is 0 Å². The molecular weight excluding hydrogens is 229 g/mol. The third-order valence-corrected chi connectivity index (χ3v) is 3.50. The molecule has 0 aromatic carbocycles. The van der Waals surface area contributed by atoms with Gasteiger partial charge in [0.05, 0.1) is 6.10 Å². The lowest BCUT2D eigenvalue weighted by atomic mass is 10.1.